The number of imide groups is 2. The summed E-state index contributed by atoms with van der Waals surface area (Å²) in [6, 6.07) is 10.8. The summed E-state index contributed by atoms with van der Waals surface area (Å²) in [4.78, 5) is 75.7. The predicted molar refractivity (Wildman–Crippen MR) is 215 cm³/mol. The van der Waals surface area contributed by atoms with Gasteiger partial charge in [-0.25, -0.2) is 9.97 Å². The van der Waals surface area contributed by atoms with Crippen LogP contribution in [-0.4, -0.2) is 93.2 Å². The number of imidazole rings is 1. The fraction of sp³-hybridized carbons (Fsp3) is 0.465. The van der Waals surface area contributed by atoms with E-state index in [0.717, 1.165) is 93.0 Å². The first-order valence-electron chi connectivity index (χ1n) is 20.5. The molecule has 8 rings (SSSR count). The summed E-state index contributed by atoms with van der Waals surface area (Å²) in [5.74, 6) is -0.186. The molecule has 14 nitrogen and oxygen atoms in total. The fourth-order valence-corrected chi connectivity index (χ4v) is 9.27. The van der Waals surface area contributed by atoms with Gasteiger partial charge in [-0.1, -0.05) is 12.1 Å². The van der Waals surface area contributed by atoms with E-state index in [9.17, 15) is 37.1 Å². The van der Waals surface area contributed by atoms with Crippen LogP contribution < -0.4 is 20.7 Å². The first-order valence-corrected chi connectivity index (χ1v) is 20.5. The summed E-state index contributed by atoms with van der Waals surface area (Å²) in [6.45, 7) is 3.74. The molecule has 316 valence electrons. The Bertz CT molecular complexity index is 2350. The van der Waals surface area contributed by atoms with Crippen molar-refractivity contribution >= 4 is 51.9 Å². The van der Waals surface area contributed by atoms with Crippen LogP contribution in [-0.2, 0) is 22.8 Å². The zero-order valence-corrected chi connectivity index (χ0v) is 33.4. The van der Waals surface area contributed by atoms with E-state index >= 15 is 0 Å². The normalized spacial score (nSPS) is 21.6. The minimum Gasteiger partial charge on any atom is -0.494 e. The predicted octanol–water partition coefficient (Wildman–Crippen LogP) is 6.14. The van der Waals surface area contributed by atoms with Gasteiger partial charge in [0.25, 0.3) is 17.7 Å². The third kappa shape index (κ3) is 8.18. The Hall–Kier alpha value is -5.84. The van der Waals surface area contributed by atoms with Crippen LogP contribution in [0, 0.1) is 11.8 Å². The van der Waals surface area contributed by atoms with Crippen LogP contribution in [0.25, 0.3) is 11.0 Å². The SMILES string of the molecule is COc1cc2nc([C@H]3CC[C@H](CN4CCC(CCNc5cccc6c5C(=O)N(C5CCC(=O)NC5=O)C6=O)CC4)CC3)n(C)c2cc1NC(=O)c1cccc(C(F)(F)F)n1. The molecule has 2 saturated heterocycles. The maximum atomic E-state index is 13.4. The van der Waals surface area contributed by atoms with Gasteiger partial charge in [-0.3, -0.25) is 34.2 Å². The fourth-order valence-electron chi connectivity index (χ4n) is 9.27. The number of pyridine rings is 1. The molecule has 3 N–H and O–H groups in total. The van der Waals surface area contributed by atoms with Crippen LogP contribution in [0.3, 0.4) is 0 Å². The molecule has 0 radical (unpaired) electrons. The zero-order valence-electron chi connectivity index (χ0n) is 33.4. The van der Waals surface area contributed by atoms with E-state index in [1.54, 1.807) is 30.3 Å². The third-order valence-electron chi connectivity index (χ3n) is 12.5. The number of ether oxygens (including phenoxy) is 1. The van der Waals surface area contributed by atoms with Crippen molar-refractivity contribution in [3.8, 4) is 5.75 Å². The second-order valence-corrected chi connectivity index (χ2v) is 16.3. The summed E-state index contributed by atoms with van der Waals surface area (Å²) in [6.07, 6.45) is 2.74. The number of hydrogen-bond donors (Lipinski definition) is 3. The monoisotopic (exact) mass is 828 g/mol. The smallest absolute Gasteiger partial charge is 0.433 e. The van der Waals surface area contributed by atoms with Gasteiger partial charge in [0.05, 0.1) is 35.0 Å². The molecule has 3 fully saturated rings. The van der Waals surface area contributed by atoms with Crippen molar-refractivity contribution in [3.05, 3.63) is 76.9 Å². The molecule has 1 aliphatic carbocycles. The number of benzene rings is 2. The Morgan fingerprint density at radius 3 is 2.37 bits per heavy atom. The lowest BCUT2D eigenvalue weighted by molar-refractivity contribution is -0.141. The van der Waals surface area contributed by atoms with Gasteiger partial charge in [-0.15, -0.1) is 0 Å². The van der Waals surface area contributed by atoms with Crippen molar-refractivity contribution in [2.75, 3.05) is 43.9 Å². The van der Waals surface area contributed by atoms with Crippen LogP contribution in [0.5, 0.6) is 5.75 Å². The number of halogens is 3. The Morgan fingerprint density at radius 1 is 0.900 bits per heavy atom. The van der Waals surface area contributed by atoms with Gasteiger partial charge in [0, 0.05) is 44.2 Å². The first-order chi connectivity index (χ1) is 28.8. The molecule has 3 aliphatic heterocycles. The lowest BCUT2D eigenvalue weighted by Crippen LogP contribution is -2.54. The highest BCUT2D eigenvalue weighted by molar-refractivity contribution is 6.25. The molecule has 1 unspecified atom stereocenters. The summed E-state index contributed by atoms with van der Waals surface area (Å²) < 4.78 is 47.2. The number of fused-ring (bicyclic) bond motifs is 2. The summed E-state index contributed by atoms with van der Waals surface area (Å²) in [5, 5.41) is 8.29. The number of methoxy groups -OCH3 is 1. The van der Waals surface area contributed by atoms with Crippen LogP contribution >= 0.6 is 0 Å². The minimum absolute atomic E-state index is 0.0733. The van der Waals surface area contributed by atoms with Crippen molar-refractivity contribution in [3.63, 3.8) is 0 Å². The molecular weight excluding hydrogens is 782 g/mol. The number of aryl methyl sites for hydroxylation is 1. The van der Waals surface area contributed by atoms with E-state index in [1.807, 2.05) is 11.6 Å². The van der Waals surface area contributed by atoms with Crippen LogP contribution in [0.15, 0.2) is 48.5 Å². The molecule has 1 saturated carbocycles. The summed E-state index contributed by atoms with van der Waals surface area (Å²) in [7, 11) is 3.39. The number of alkyl halides is 3. The average molecular weight is 829 g/mol. The molecular formula is C43H47F3N8O6. The Kier molecular flexibility index (Phi) is 11.4. The zero-order chi connectivity index (χ0) is 42.3. The molecule has 2 aromatic carbocycles. The molecule has 2 aromatic heterocycles. The first kappa shape index (κ1) is 40.9. The lowest BCUT2D eigenvalue weighted by atomic mass is 9.81. The summed E-state index contributed by atoms with van der Waals surface area (Å²) >= 11 is 0. The molecule has 17 heteroatoms. The highest BCUT2D eigenvalue weighted by Crippen LogP contribution is 2.39. The molecule has 4 aliphatic rings. The van der Waals surface area contributed by atoms with E-state index in [0.29, 0.717) is 41.0 Å². The van der Waals surface area contributed by atoms with Crippen molar-refractivity contribution in [1.82, 2.24) is 29.7 Å². The molecule has 1 atom stereocenters. The van der Waals surface area contributed by atoms with Crippen molar-refractivity contribution in [2.24, 2.45) is 18.9 Å². The highest BCUT2D eigenvalue weighted by Gasteiger charge is 2.45. The quantitative estimate of drug-likeness (QED) is 0.150. The van der Waals surface area contributed by atoms with Crippen LogP contribution in [0.1, 0.15) is 106 Å². The Morgan fingerprint density at radius 2 is 1.65 bits per heavy atom. The topological polar surface area (TPSA) is 168 Å². The highest BCUT2D eigenvalue weighted by atomic mass is 19.4. The number of likely N-dealkylation sites (tertiary alicyclic amines) is 1. The molecule has 0 spiro atoms. The largest absolute Gasteiger partial charge is 0.494 e. The van der Waals surface area contributed by atoms with E-state index < -0.39 is 47.4 Å². The number of aromatic nitrogens is 3. The number of carbonyl (C=O) groups excluding carboxylic acids is 5. The number of nitrogens with one attached hydrogen (secondary N) is 3. The molecule has 0 bridgehead atoms. The summed E-state index contributed by atoms with van der Waals surface area (Å²) in [5.41, 5.74) is 1.40. The van der Waals surface area contributed by atoms with Crippen molar-refractivity contribution in [1.29, 1.82) is 0 Å². The van der Waals surface area contributed by atoms with Gasteiger partial charge in [0.1, 0.15) is 29.0 Å². The third-order valence-corrected chi connectivity index (χ3v) is 12.5. The van der Waals surface area contributed by atoms with Gasteiger partial charge in [0.15, 0.2) is 0 Å². The minimum atomic E-state index is -4.68. The standard InChI is InChI=1S/C43H47F3N8O6/c1-52-33-21-31(50-39(56)29-7-4-8-35(48-29)43(44,45)46)34(60-2)22-30(33)49-38(52)26-11-9-25(10-12-26)23-53-19-16-24(17-20-53)15-18-47-28-6-3-5-27-37(28)42(59)54(41(27)58)32-13-14-36(55)51-40(32)57/h3-8,21-22,24-26,32,47H,9-20,23H2,1-2H3,(H,50,56)(H,51,55,57)/t25-,26-,32?. The Labute approximate surface area is 344 Å². The molecule has 5 heterocycles. The van der Waals surface area contributed by atoms with E-state index in [4.69, 9.17) is 9.72 Å². The number of amides is 5. The van der Waals surface area contributed by atoms with E-state index in [-0.39, 0.29) is 35.6 Å². The van der Waals surface area contributed by atoms with Gasteiger partial charge in [0.2, 0.25) is 11.8 Å². The van der Waals surface area contributed by atoms with Crippen LogP contribution in [0.4, 0.5) is 24.5 Å². The second kappa shape index (κ2) is 16.7. The number of rotatable bonds is 11. The molecule has 60 heavy (non-hydrogen) atoms. The van der Waals surface area contributed by atoms with Gasteiger partial charge < -0.3 is 24.8 Å². The average Bonchev–Trinajstić information content (AvgIpc) is 3.69. The number of piperidine rings is 2. The van der Waals surface area contributed by atoms with Gasteiger partial charge in [-0.05, 0) is 107 Å². The van der Waals surface area contributed by atoms with Crippen molar-refractivity contribution < 1.29 is 41.9 Å². The maximum Gasteiger partial charge on any atom is 0.433 e. The number of hydrogen-bond acceptors (Lipinski definition) is 10. The number of anilines is 2. The maximum absolute atomic E-state index is 13.4. The molecule has 4 aromatic rings. The lowest BCUT2D eigenvalue weighted by Gasteiger charge is -2.36. The van der Waals surface area contributed by atoms with E-state index in [2.05, 4.69) is 25.8 Å². The number of carbonyl (C=O) groups is 5. The van der Waals surface area contributed by atoms with E-state index in [1.165, 1.54) is 13.2 Å². The van der Waals surface area contributed by atoms with Gasteiger partial charge in [-0.2, -0.15) is 13.2 Å². The van der Waals surface area contributed by atoms with Gasteiger partial charge >= 0.3 is 6.18 Å². The second-order valence-electron chi connectivity index (χ2n) is 16.3. The molecule has 5 amide bonds. The van der Waals surface area contributed by atoms with Crippen LogP contribution in [0.2, 0.25) is 0 Å². The van der Waals surface area contributed by atoms with Crippen molar-refractivity contribution in [2.45, 2.75) is 75.9 Å². The number of nitrogens with zero attached hydrogens (tertiary/aromatic N) is 5. The Balaban J connectivity index is 0.806.